The molecule has 0 radical (unpaired) electrons. The molecule has 0 fully saturated rings. The Kier molecular flexibility index (Phi) is 5.29. The second-order valence-corrected chi connectivity index (χ2v) is 8.77. The lowest BCUT2D eigenvalue weighted by atomic mass is 9.84. The van der Waals surface area contributed by atoms with E-state index in [2.05, 4.69) is 40.5 Å². The van der Waals surface area contributed by atoms with Gasteiger partial charge >= 0.3 is 0 Å². The highest BCUT2D eigenvalue weighted by Crippen LogP contribution is 2.51. The lowest BCUT2D eigenvalue weighted by Crippen LogP contribution is -2.32. The van der Waals surface area contributed by atoms with Gasteiger partial charge in [-0.25, -0.2) is 4.68 Å². The van der Waals surface area contributed by atoms with Crippen molar-refractivity contribution in [2.45, 2.75) is 19.1 Å². The average Bonchev–Trinajstić information content (AvgIpc) is 3.39. The number of rotatable bonds is 5. The van der Waals surface area contributed by atoms with E-state index in [-0.39, 0.29) is 6.04 Å². The van der Waals surface area contributed by atoms with Crippen molar-refractivity contribution >= 4 is 11.6 Å². The summed E-state index contributed by atoms with van der Waals surface area (Å²) < 4.78 is 25.3. The summed E-state index contributed by atoms with van der Waals surface area (Å²) in [6, 6.07) is 19.8. The van der Waals surface area contributed by atoms with Gasteiger partial charge in [0.1, 0.15) is 30.0 Å². The molecule has 2 aliphatic heterocycles. The fraction of sp³-hybridized carbons (Fsp3) is 0.214. The molecular weight excluding hydrogens is 456 g/mol. The van der Waals surface area contributed by atoms with Crippen molar-refractivity contribution in [2.75, 3.05) is 26.6 Å². The SMILES string of the molecule is COc1cccc([C@@H]2Oc3ccc(C)cc3C3=C2[C@H](c2ccc(OC)c(OC)c2)n2ncnc2N3)c1. The molecule has 0 aliphatic carbocycles. The van der Waals surface area contributed by atoms with Gasteiger partial charge in [0.2, 0.25) is 5.95 Å². The van der Waals surface area contributed by atoms with E-state index in [1.807, 2.05) is 47.1 Å². The molecule has 36 heavy (non-hydrogen) atoms. The normalized spacial score (nSPS) is 17.8. The molecule has 3 aromatic carbocycles. The molecule has 8 heteroatoms. The quantitative estimate of drug-likeness (QED) is 0.420. The summed E-state index contributed by atoms with van der Waals surface area (Å²) >= 11 is 0. The van der Waals surface area contributed by atoms with Crippen molar-refractivity contribution in [1.29, 1.82) is 0 Å². The van der Waals surface area contributed by atoms with E-state index >= 15 is 0 Å². The Hall–Kier alpha value is -4.46. The standard InChI is InChI=1S/C28H26N4O4/c1-16-8-10-21-20(12-16)25-24(27(36-21)18-6-5-7-19(13-18)33-2)26(32-28(31-25)29-15-30-32)17-9-11-22(34-3)23(14-17)35-4/h5-15,26-27H,1-4H3,(H,29,30,31)/t26-,27-/m0/s1. The van der Waals surface area contributed by atoms with Crippen molar-refractivity contribution in [2.24, 2.45) is 0 Å². The first-order valence-electron chi connectivity index (χ1n) is 11.7. The highest BCUT2D eigenvalue weighted by Gasteiger charge is 2.41. The van der Waals surface area contributed by atoms with Crippen molar-refractivity contribution in [3.8, 4) is 23.0 Å². The number of methoxy groups -OCH3 is 3. The first-order valence-corrected chi connectivity index (χ1v) is 11.7. The van der Waals surface area contributed by atoms with Crippen LogP contribution in [0.5, 0.6) is 23.0 Å². The van der Waals surface area contributed by atoms with Crippen molar-refractivity contribution in [3.63, 3.8) is 0 Å². The van der Waals surface area contributed by atoms with Crippen LogP contribution in [0.25, 0.3) is 5.70 Å². The molecule has 0 spiro atoms. The minimum atomic E-state index is -0.395. The smallest absolute Gasteiger partial charge is 0.226 e. The zero-order chi connectivity index (χ0) is 24.8. The van der Waals surface area contributed by atoms with Crippen LogP contribution in [0.15, 0.2) is 72.6 Å². The Morgan fingerprint density at radius 3 is 2.56 bits per heavy atom. The number of ether oxygens (including phenoxy) is 4. The minimum Gasteiger partial charge on any atom is -0.497 e. The number of anilines is 1. The van der Waals surface area contributed by atoms with Crippen molar-refractivity contribution < 1.29 is 18.9 Å². The zero-order valence-electron chi connectivity index (χ0n) is 20.5. The van der Waals surface area contributed by atoms with Gasteiger partial charge in [-0.15, -0.1) is 0 Å². The van der Waals surface area contributed by atoms with Gasteiger partial charge in [-0.1, -0.05) is 29.8 Å². The van der Waals surface area contributed by atoms with Crippen LogP contribution in [-0.2, 0) is 0 Å². The van der Waals surface area contributed by atoms with Crippen LogP contribution in [0.1, 0.15) is 34.4 Å². The first kappa shape index (κ1) is 22.0. The Morgan fingerprint density at radius 1 is 0.889 bits per heavy atom. The second kappa shape index (κ2) is 8.64. The number of nitrogens with zero attached hydrogens (tertiary/aromatic N) is 3. The van der Waals surface area contributed by atoms with Gasteiger partial charge in [0.25, 0.3) is 0 Å². The number of aromatic nitrogens is 3. The predicted octanol–water partition coefficient (Wildman–Crippen LogP) is 5.17. The number of hydrogen-bond acceptors (Lipinski definition) is 7. The third-order valence-electron chi connectivity index (χ3n) is 6.69. The Balaban J connectivity index is 1.62. The van der Waals surface area contributed by atoms with Crippen molar-refractivity contribution in [3.05, 3.63) is 94.8 Å². The van der Waals surface area contributed by atoms with Crippen LogP contribution < -0.4 is 24.3 Å². The van der Waals surface area contributed by atoms with Crippen molar-refractivity contribution in [1.82, 2.24) is 14.8 Å². The number of nitrogens with one attached hydrogen (secondary N) is 1. The van der Waals surface area contributed by atoms with E-state index in [4.69, 9.17) is 18.9 Å². The second-order valence-electron chi connectivity index (χ2n) is 8.77. The van der Waals surface area contributed by atoms with Gasteiger partial charge in [-0.05, 0) is 48.9 Å². The Morgan fingerprint density at radius 2 is 1.75 bits per heavy atom. The van der Waals surface area contributed by atoms with E-state index in [0.717, 1.165) is 45.0 Å². The molecule has 0 saturated heterocycles. The molecule has 1 N–H and O–H groups in total. The van der Waals surface area contributed by atoms with E-state index in [9.17, 15) is 0 Å². The summed E-state index contributed by atoms with van der Waals surface area (Å²) in [5.41, 5.74) is 6.06. The fourth-order valence-electron chi connectivity index (χ4n) is 5.01. The highest BCUT2D eigenvalue weighted by atomic mass is 16.5. The third-order valence-corrected chi connectivity index (χ3v) is 6.69. The van der Waals surface area contributed by atoms with Gasteiger partial charge in [0, 0.05) is 16.7 Å². The molecule has 0 saturated carbocycles. The molecule has 2 atom stereocenters. The first-order chi connectivity index (χ1) is 17.6. The van der Waals surface area contributed by atoms with Gasteiger partial charge in [0.15, 0.2) is 11.5 Å². The van der Waals surface area contributed by atoms with Crippen LogP contribution in [-0.4, -0.2) is 36.1 Å². The maximum Gasteiger partial charge on any atom is 0.226 e. The van der Waals surface area contributed by atoms with E-state index in [1.165, 1.54) is 0 Å². The lowest BCUT2D eigenvalue weighted by molar-refractivity contribution is 0.222. The molecule has 182 valence electrons. The summed E-state index contributed by atoms with van der Waals surface area (Å²) in [6.45, 7) is 2.08. The molecule has 8 nitrogen and oxygen atoms in total. The molecule has 0 bridgehead atoms. The maximum atomic E-state index is 6.72. The summed E-state index contributed by atoms with van der Waals surface area (Å²) in [7, 11) is 4.93. The molecule has 6 rings (SSSR count). The summed E-state index contributed by atoms with van der Waals surface area (Å²) in [5.74, 6) is 3.53. The van der Waals surface area contributed by atoms with Gasteiger partial charge in [-0.2, -0.15) is 10.1 Å². The number of fused-ring (bicyclic) bond motifs is 3. The van der Waals surface area contributed by atoms with E-state index in [0.29, 0.717) is 17.4 Å². The van der Waals surface area contributed by atoms with Crippen LogP contribution in [0, 0.1) is 6.92 Å². The number of benzene rings is 3. The molecular formula is C28H26N4O4. The fourth-order valence-corrected chi connectivity index (χ4v) is 5.01. The number of aryl methyl sites for hydroxylation is 1. The largest absolute Gasteiger partial charge is 0.497 e. The predicted molar refractivity (Wildman–Crippen MR) is 136 cm³/mol. The zero-order valence-corrected chi connectivity index (χ0v) is 20.5. The van der Waals surface area contributed by atoms with Crippen LogP contribution in [0.3, 0.4) is 0 Å². The maximum absolute atomic E-state index is 6.72. The van der Waals surface area contributed by atoms with Gasteiger partial charge < -0.3 is 24.3 Å². The van der Waals surface area contributed by atoms with E-state index in [1.54, 1.807) is 27.7 Å². The summed E-state index contributed by atoms with van der Waals surface area (Å²) in [5, 5.41) is 8.14. The molecule has 0 amide bonds. The number of hydrogen-bond donors (Lipinski definition) is 1. The molecule has 2 aliphatic rings. The topological polar surface area (TPSA) is 79.7 Å². The van der Waals surface area contributed by atoms with Gasteiger partial charge in [-0.3, -0.25) is 0 Å². The van der Waals surface area contributed by atoms with E-state index < -0.39 is 6.10 Å². The van der Waals surface area contributed by atoms with Crippen LogP contribution >= 0.6 is 0 Å². The summed E-state index contributed by atoms with van der Waals surface area (Å²) in [6.07, 6.45) is 1.17. The Labute approximate surface area is 209 Å². The van der Waals surface area contributed by atoms with Gasteiger partial charge in [0.05, 0.1) is 27.0 Å². The third kappa shape index (κ3) is 3.45. The highest BCUT2D eigenvalue weighted by molar-refractivity contribution is 5.85. The van der Waals surface area contributed by atoms with Crippen LogP contribution in [0.2, 0.25) is 0 Å². The summed E-state index contributed by atoms with van der Waals surface area (Å²) in [4.78, 5) is 4.51. The monoisotopic (exact) mass is 482 g/mol. The molecule has 0 unspecified atom stereocenters. The molecule has 4 aromatic rings. The van der Waals surface area contributed by atoms with Crippen LogP contribution in [0.4, 0.5) is 5.95 Å². The molecule has 3 heterocycles. The molecule has 1 aromatic heterocycles. The average molecular weight is 483 g/mol. The minimum absolute atomic E-state index is 0.302. The Bertz CT molecular complexity index is 1490. The lowest BCUT2D eigenvalue weighted by Gasteiger charge is -2.39.